The Morgan fingerprint density at radius 2 is 1.94 bits per heavy atom. The summed E-state index contributed by atoms with van der Waals surface area (Å²) < 4.78 is 5.62. The summed E-state index contributed by atoms with van der Waals surface area (Å²) in [5.74, 6) is 0. The molecule has 3 heterocycles. The molecule has 0 aromatic rings. The Morgan fingerprint density at radius 1 is 1.12 bits per heavy atom. The van der Waals surface area contributed by atoms with Crippen LogP contribution in [0.4, 0.5) is 0 Å². The number of nitrogens with two attached hydrogens (primary N) is 1. The van der Waals surface area contributed by atoms with Gasteiger partial charge in [0.05, 0.1) is 6.61 Å². The fourth-order valence-corrected chi connectivity index (χ4v) is 3.75. The maximum atomic E-state index is 6.26. The largest absolute Gasteiger partial charge is 0.380 e. The Hall–Kier alpha value is -0.160. The Labute approximate surface area is 104 Å². The number of likely N-dealkylation sites (N-methyl/N-ethyl adjacent to an activating group) is 1. The van der Waals surface area contributed by atoms with E-state index in [1.54, 1.807) is 0 Å². The molecule has 4 nitrogen and oxygen atoms in total. The smallest absolute Gasteiger partial charge is 0.0636 e. The quantitative estimate of drug-likeness (QED) is 0.713. The lowest BCUT2D eigenvalue weighted by atomic mass is 10.00. The first-order valence-corrected chi connectivity index (χ1v) is 7.05. The summed E-state index contributed by atoms with van der Waals surface area (Å²) in [6.45, 7) is 4.07. The molecule has 2 N–H and O–H groups in total. The van der Waals surface area contributed by atoms with Gasteiger partial charge in [-0.15, -0.1) is 0 Å². The van der Waals surface area contributed by atoms with Gasteiger partial charge in [-0.25, -0.2) is 0 Å². The molecule has 3 aliphatic heterocycles. The molecule has 0 aromatic heterocycles. The topological polar surface area (TPSA) is 41.7 Å². The average molecular weight is 239 g/mol. The predicted molar refractivity (Wildman–Crippen MR) is 68.0 cm³/mol. The highest BCUT2D eigenvalue weighted by atomic mass is 16.5. The summed E-state index contributed by atoms with van der Waals surface area (Å²) in [6.07, 6.45) is 5.07. The van der Waals surface area contributed by atoms with Gasteiger partial charge >= 0.3 is 0 Å². The SMILES string of the molecule is CN1C2CCC1CN(C1COCCC1N)CC2. The summed E-state index contributed by atoms with van der Waals surface area (Å²) in [6, 6.07) is 2.32. The van der Waals surface area contributed by atoms with Crippen LogP contribution in [0.2, 0.25) is 0 Å². The molecule has 3 saturated heterocycles. The first-order valence-electron chi connectivity index (χ1n) is 7.05. The van der Waals surface area contributed by atoms with Gasteiger partial charge in [0.25, 0.3) is 0 Å². The van der Waals surface area contributed by atoms with Gasteiger partial charge in [-0.05, 0) is 32.7 Å². The minimum Gasteiger partial charge on any atom is -0.380 e. The number of rotatable bonds is 1. The maximum Gasteiger partial charge on any atom is 0.0636 e. The number of likely N-dealkylation sites (tertiary alicyclic amines) is 1. The number of hydrogen-bond donors (Lipinski definition) is 1. The molecule has 0 amide bonds. The fourth-order valence-electron chi connectivity index (χ4n) is 3.75. The van der Waals surface area contributed by atoms with Crippen LogP contribution in [0.1, 0.15) is 25.7 Å². The summed E-state index contributed by atoms with van der Waals surface area (Å²) in [5, 5.41) is 0. The van der Waals surface area contributed by atoms with Crippen LogP contribution in [0.3, 0.4) is 0 Å². The van der Waals surface area contributed by atoms with Crippen molar-refractivity contribution in [1.82, 2.24) is 9.80 Å². The van der Waals surface area contributed by atoms with Gasteiger partial charge in [0.15, 0.2) is 0 Å². The van der Waals surface area contributed by atoms with E-state index in [1.807, 2.05) is 0 Å². The highest BCUT2D eigenvalue weighted by Gasteiger charge is 2.38. The minimum absolute atomic E-state index is 0.311. The van der Waals surface area contributed by atoms with Gasteiger partial charge in [0.1, 0.15) is 0 Å². The molecule has 0 aliphatic carbocycles. The van der Waals surface area contributed by atoms with Crippen molar-refractivity contribution in [1.29, 1.82) is 0 Å². The maximum absolute atomic E-state index is 6.26. The monoisotopic (exact) mass is 239 g/mol. The van der Waals surface area contributed by atoms with Gasteiger partial charge in [0, 0.05) is 43.9 Å². The van der Waals surface area contributed by atoms with E-state index in [1.165, 1.54) is 32.4 Å². The van der Waals surface area contributed by atoms with E-state index in [-0.39, 0.29) is 0 Å². The number of ether oxygens (including phenoxy) is 1. The lowest BCUT2D eigenvalue weighted by molar-refractivity contribution is 0.00303. The zero-order valence-electron chi connectivity index (χ0n) is 10.8. The molecule has 0 saturated carbocycles. The van der Waals surface area contributed by atoms with E-state index in [2.05, 4.69) is 16.8 Å². The van der Waals surface area contributed by atoms with Crippen molar-refractivity contribution in [2.45, 2.75) is 49.9 Å². The average Bonchev–Trinajstić information content (AvgIpc) is 2.55. The van der Waals surface area contributed by atoms with Crippen molar-refractivity contribution in [2.24, 2.45) is 5.73 Å². The third kappa shape index (κ3) is 2.24. The van der Waals surface area contributed by atoms with E-state index >= 15 is 0 Å². The zero-order chi connectivity index (χ0) is 11.8. The zero-order valence-corrected chi connectivity index (χ0v) is 10.8. The minimum atomic E-state index is 0.311. The van der Waals surface area contributed by atoms with E-state index in [4.69, 9.17) is 10.5 Å². The molecular weight excluding hydrogens is 214 g/mol. The standard InChI is InChI=1S/C13H25N3O/c1-15-10-2-3-11(15)8-16(6-4-10)13-9-17-7-5-12(13)14/h10-13H,2-9,14H2,1H3. The molecule has 4 unspecified atom stereocenters. The van der Waals surface area contributed by atoms with Gasteiger partial charge in [-0.1, -0.05) is 0 Å². The number of hydrogen-bond acceptors (Lipinski definition) is 4. The second-order valence-electron chi connectivity index (χ2n) is 5.93. The Kier molecular flexibility index (Phi) is 3.39. The lowest BCUT2D eigenvalue weighted by Gasteiger charge is -2.39. The van der Waals surface area contributed by atoms with E-state index in [9.17, 15) is 0 Å². The first kappa shape index (κ1) is 11.9. The highest BCUT2D eigenvalue weighted by molar-refractivity contribution is 4.95. The number of nitrogens with zero attached hydrogens (tertiary/aromatic N) is 2. The summed E-state index contributed by atoms with van der Waals surface area (Å²) in [7, 11) is 2.29. The van der Waals surface area contributed by atoms with Crippen LogP contribution < -0.4 is 5.73 Å². The molecule has 3 rings (SSSR count). The predicted octanol–water partition coefficient (Wildman–Crippen LogP) is 0.271. The van der Waals surface area contributed by atoms with Crippen molar-refractivity contribution in [3.8, 4) is 0 Å². The van der Waals surface area contributed by atoms with Crippen LogP contribution in [0.25, 0.3) is 0 Å². The Bertz CT molecular complexity index is 273. The molecule has 0 spiro atoms. The second-order valence-corrected chi connectivity index (χ2v) is 5.93. The second kappa shape index (κ2) is 4.84. The van der Waals surface area contributed by atoms with Crippen LogP contribution in [-0.4, -0.2) is 67.3 Å². The molecule has 3 fully saturated rings. The fraction of sp³-hybridized carbons (Fsp3) is 1.00. The molecule has 4 atom stereocenters. The Balaban J connectivity index is 1.68. The summed E-state index contributed by atoms with van der Waals surface area (Å²) in [4.78, 5) is 5.19. The number of fused-ring (bicyclic) bond motifs is 2. The van der Waals surface area contributed by atoms with Crippen LogP contribution in [0, 0.1) is 0 Å². The normalized spacial score (nSPS) is 44.8. The third-order valence-electron chi connectivity index (χ3n) is 5.03. The van der Waals surface area contributed by atoms with Crippen LogP contribution in [0.5, 0.6) is 0 Å². The van der Waals surface area contributed by atoms with Gasteiger partial charge in [-0.2, -0.15) is 0 Å². The molecule has 0 radical (unpaired) electrons. The highest BCUT2D eigenvalue weighted by Crippen LogP contribution is 2.30. The van der Waals surface area contributed by atoms with Crippen molar-refractivity contribution in [3.05, 3.63) is 0 Å². The van der Waals surface area contributed by atoms with E-state index in [0.29, 0.717) is 12.1 Å². The van der Waals surface area contributed by atoms with Crippen LogP contribution in [0.15, 0.2) is 0 Å². The molecular formula is C13H25N3O. The van der Waals surface area contributed by atoms with Crippen LogP contribution in [-0.2, 0) is 4.74 Å². The van der Waals surface area contributed by atoms with Crippen molar-refractivity contribution in [2.75, 3.05) is 33.4 Å². The summed E-state index contributed by atoms with van der Waals surface area (Å²) in [5.41, 5.74) is 6.26. The van der Waals surface area contributed by atoms with Gasteiger partial charge in [-0.3, -0.25) is 9.80 Å². The van der Waals surface area contributed by atoms with Gasteiger partial charge < -0.3 is 10.5 Å². The summed E-state index contributed by atoms with van der Waals surface area (Å²) >= 11 is 0. The molecule has 98 valence electrons. The molecule has 4 heteroatoms. The molecule has 2 bridgehead atoms. The Morgan fingerprint density at radius 3 is 2.76 bits per heavy atom. The van der Waals surface area contributed by atoms with Crippen molar-refractivity contribution >= 4 is 0 Å². The van der Waals surface area contributed by atoms with Crippen molar-refractivity contribution in [3.63, 3.8) is 0 Å². The third-order valence-corrected chi connectivity index (χ3v) is 5.03. The molecule has 17 heavy (non-hydrogen) atoms. The van der Waals surface area contributed by atoms with Gasteiger partial charge in [0.2, 0.25) is 0 Å². The van der Waals surface area contributed by atoms with Crippen molar-refractivity contribution < 1.29 is 4.74 Å². The molecule has 0 aromatic carbocycles. The van der Waals surface area contributed by atoms with E-state index in [0.717, 1.165) is 31.7 Å². The van der Waals surface area contributed by atoms with Crippen LogP contribution >= 0.6 is 0 Å². The molecule has 3 aliphatic rings. The van der Waals surface area contributed by atoms with E-state index < -0.39 is 0 Å². The lowest BCUT2D eigenvalue weighted by Crippen LogP contribution is -2.55. The first-order chi connectivity index (χ1) is 8.25.